The van der Waals surface area contributed by atoms with Gasteiger partial charge in [-0.05, 0) is 43.0 Å². The Labute approximate surface area is 213 Å². The fraction of sp³-hybridized carbons (Fsp3) is 0.536. The lowest BCUT2D eigenvalue weighted by molar-refractivity contribution is -0.276. The fourth-order valence-corrected chi connectivity index (χ4v) is 5.10. The third kappa shape index (κ3) is 6.44. The van der Waals surface area contributed by atoms with Crippen LogP contribution >= 0.6 is 0 Å². The quantitative estimate of drug-likeness (QED) is 0.424. The molecule has 0 aliphatic carbocycles. The van der Waals surface area contributed by atoms with E-state index in [4.69, 9.17) is 9.47 Å². The Bertz CT molecular complexity index is 968. The maximum absolute atomic E-state index is 11.7. The zero-order valence-corrected chi connectivity index (χ0v) is 21.2. The van der Waals surface area contributed by atoms with Crippen LogP contribution in [-0.4, -0.2) is 59.5 Å². The summed E-state index contributed by atoms with van der Waals surface area (Å²) in [4.78, 5) is 14.0. The van der Waals surface area contributed by atoms with Crippen molar-refractivity contribution in [2.24, 2.45) is 5.92 Å². The third-order valence-electron chi connectivity index (χ3n) is 7.29. The highest BCUT2D eigenvalue weighted by molar-refractivity contribution is 5.73. The number of nitrogens with zero attached hydrogens (tertiary/aromatic N) is 1. The van der Waals surface area contributed by atoms with E-state index in [1.165, 1.54) is 0 Å². The Morgan fingerprint density at radius 1 is 1.00 bits per heavy atom. The molecule has 2 aliphatic heterocycles. The Morgan fingerprint density at radius 3 is 2.36 bits per heavy atom. The Morgan fingerprint density at radius 2 is 1.69 bits per heavy atom. The van der Waals surface area contributed by atoms with E-state index in [0.717, 1.165) is 48.2 Å². The van der Waals surface area contributed by atoms with Crippen LogP contribution in [0, 0.1) is 5.92 Å². The standard InChI is InChI=1S/C28H39N3O5/c1-3-29-28(34)30-15-20-6-12-23(13-7-20)27-35-25(16-31-14-4-5-24(31)18-33)19(2)26(36-27)22-10-8-21(17-32)9-11-22/h6-13,19,24-27,32-33H,3-5,14-18H2,1-2H3,(H2,29,30,34)/t19-,24+,25+,26+,27+/m1/s1. The number of rotatable bonds is 9. The second kappa shape index (κ2) is 12.7. The van der Waals surface area contributed by atoms with Crippen LogP contribution in [0.25, 0.3) is 0 Å². The largest absolute Gasteiger partial charge is 0.395 e. The summed E-state index contributed by atoms with van der Waals surface area (Å²) in [5.41, 5.74) is 3.84. The van der Waals surface area contributed by atoms with Crippen molar-refractivity contribution >= 4 is 6.03 Å². The minimum Gasteiger partial charge on any atom is -0.395 e. The zero-order valence-electron chi connectivity index (χ0n) is 21.2. The zero-order chi connectivity index (χ0) is 25.5. The van der Waals surface area contributed by atoms with E-state index >= 15 is 0 Å². The summed E-state index contributed by atoms with van der Waals surface area (Å²) in [7, 11) is 0. The van der Waals surface area contributed by atoms with Crippen LogP contribution in [0.15, 0.2) is 48.5 Å². The van der Waals surface area contributed by atoms with Gasteiger partial charge in [0.2, 0.25) is 0 Å². The number of urea groups is 1. The SMILES string of the molecule is CCNC(=O)NCc1ccc([C@H]2O[C@@H](CN3CCC[C@H]3CO)[C@@H](C)[C@@H](c3ccc(CO)cc3)O2)cc1. The second-order valence-corrected chi connectivity index (χ2v) is 9.75. The van der Waals surface area contributed by atoms with E-state index in [1.807, 2.05) is 55.5 Å². The maximum atomic E-state index is 11.7. The van der Waals surface area contributed by atoms with E-state index in [-0.39, 0.29) is 43.4 Å². The van der Waals surface area contributed by atoms with Gasteiger partial charge in [-0.25, -0.2) is 4.79 Å². The van der Waals surface area contributed by atoms with Crippen molar-refractivity contribution in [1.82, 2.24) is 15.5 Å². The van der Waals surface area contributed by atoms with Crippen molar-refractivity contribution in [3.63, 3.8) is 0 Å². The molecule has 4 N–H and O–H groups in total. The summed E-state index contributed by atoms with van der Waals surface area (Å²) in [5.74, 6) is 0.0988. The molecule has 2 aromatic rings. The number of aliphatic hydroxyl groups excluding tert-OH is 2. The summed E-state index contributed by atoms with van der Waals surface area (Å²) in [6, 6.07) is 15.9. The van der Waals surface area contributed by atoms with E-state index in [9.17, 15) is 15.0 Å². The van der Waals surface area contributed by atoms with Gasteiger partial charge in [0.15, 0.2) is 6.29 Å². The smallest absolute Gasteiger partial charge is 0.315 e. The van der Waals surface area contributed by atoms with Crippen molar-refractivity contribution in [1.29, 1.82) is 0 Å². The first-order chi connectivity index (χ1) is 17.5. The van der Waals surface area contributed by atoms with E-state index < -0.39 is 6.29 Å². The number of ether oxygens (including phenoxy) is 2. The van der Waals surface area contributed by atoms with Gasteiger partial charge in [-0.3, -0.25) is 4.90 Å². The molecule has 5 atom stereocenters. The molecule has 2 amide bonds. The lowest BCUT2D eigenvalue weighted by Gasteiger charge is -2.43. The summed E-state index contributed by atoms with van der Waals surface area (Å²) in [6.45, 7) is 6.95. The van der Waals surface area contributed by atoms with Crippen LogP contribution in [0.4, 0.5) is 4.79 Å². The molecule has 0 saturated carbocycles. The van der Waals surface area contributed by atoms with Crippen LogP contribution < -0.4 is 10.6 Å². The molecule has 36 heavy (non-hydrogen) atoms. The van der Waals surface area contributed by atoms with Gasteiger partial charge in [-0.15, -0.1) is 0 Å². The molecule has 196 valence electrons. The van der Waals surface area contributed by atoms with Gasteiger partial charge in [0, 0.05) is 37.2 Å². The topological polar surface area (TPSA) is 103 Å². The summed E-state index contributed by atoms with van der Waals surface area (Å²) in [5, 5.41) is 24.8. The van der Waals surface area contributed by atoms with E-state index in [2.05, 4.69) is 22.5 Å². The lowest BCUT2D eigenvalue weighted by Crippen LogP contribution is -2.46. The molecule has 0 spiro atoms. The molecule has 0 bridgehead atoms. The normalized spacial score (nSPS) is 26.6. The molecule has 4 rings (SSSR count). The Balaban J connectivity index is 1.52. The van der Waals surface area contributed by atoms with Crippen LogP contribution in [-0.2, 0) is 22.6 Å². The van der Waals surface area contributed by atoms with Gasteiger partial charge in [0.25, 0.3) is 0 Å². The van der Waals surface area contributed by atoms with Crippen LogP contribution in [0.1, 0.15) is 61.3 Å². The first-order valence-corrected chi connectivity index (χ1v) is 13.0. The van der Waals surface area contributed by atoms with Crippen LogP contribution in [0.2, 0.25) is 0 Å². The van der Waals surface area contributed by atoms with Crippen molar-refractivity contribution < 1.29 is 24.5 Å². The number of hydrogen-bond donors (Lipinski definition) is 4. The van der Waals surface area contributed by atoms with Gasteiger partial charge in [-0.2, -0.15) is 0 Å². The summed E-state index contributed by atoms with van der Waals surface area (Å²) >= 11 is 0. The monoisotopic (exact) mass is 497 g/mol. The van der Waals surface area contributed by atoms with Gasteiger partial charge < -0.3 is 30.3 Å². The summed E-state index contributed by atoms with van der Waals surface area (Å²) in [6.07, 6.45) is 1.32. The lowest BCUT2D eigenvalue weighted by atomic mass is 9.90. The molecule has 8 nitrogen and oxygen atoms in total. The molecule has 2 saturated heterocycles. The highest BCUT2D eigenvalue weighted by atomic mass is 16.7. The Kier molecular flexibility index (Phi) is 9.34. The molecular weight excluding hydrogens is 458 g/mol. The van der Waals surface area contributed by atoms with Gasteiger partial charge in [-0.1, -0.05) is 55.5 Å². The van der Waals surface area contributed by atoms with Crippen LogP contribution in [0.5, 0.6) is 0 Å². The van der Waals surface area contributed by atoms with Gasteiger partial charge in [0.05, 0.1) is 25.4 Å². The highest BCUT2D eigenvalue weighted by Crippen LogP contribution is 2.42. The number of amides is 2. The second-order valence-electron chi connectivity index (χ2n) is 9.75. The Hall–Kier alpha value is -2.49. The average Bonchev–Trinajstić information content (AvgIpc) is 3.36. The summed E-state index contributed by atoms with van der Waals surface area (Å²) < 4.78 is 13.1. The van der Waals surface area contributed by atoms with E-state index in [0.29, 0.717) is 13.1 Å². The molecule has 2 aliphatic rings. The minimum atomic E-state index is -0.533. The molecule has 2 fully saturated rings. The fourth-order valence-electron chi connectivity index (χ4n) is 5.10. The molecule has 2 aromatic carbocycles. The highest BCUT2D eigenvalue weighted by Gasteiger charge is 2.40. The minimum absolute atomic E-state index is 0.00847. The van der Waals surface area contributed by atoms with Crippen LogP contribution in [0.3, 0.4) is 0 Å². The maximum Gasteiger partial charge on any atom is 0.315 e. The molecule has 0 unspecified atom stereocenters. The van der Waals surface area contributed by atoms with Gasteiger partial charge in [0.1, 0.15) is 0 Å². The molecular formula is C28H39N3O5. The number of carbonyl (C=O) groups is 1. The van der Waals surface area contributed by atoms with Crippen molar-refractivity contribution in [3.8, 4) is 0 Å². The third-order valence-corrected chi connectivity index (χ3v) is 7.29. The average molecular weight is 498 g/mol. The predicted molar refractivity (Wildman–Crippen MR) is 137 cm³/mol. The predicted octanol–water partition coefficient (Wildman–Crippen LogP) is 3.25. The van der Waals surface area contributed by atoms with Gasteiger partial charge >= 0.3 is 6.03 Å². The first-order valence-electron chi connectivity index (χ1n) is 13.0. The molecule has 0 aromatic heterocycles. The van der Waals surface area contributed by atoms with E-state index in [1.54, 1.807) is 0 Å². The number of carbonyl (C=O) groups excluding carboxylic acids is 1. The number of likely N-dealkylation sites (tertiary alicyclic amines) is 1. The van der Waals surface area contributed by atoms with Crippen molar-refractivity contribution in [2.45, 2.75) is 64.4 Å². The first kappa shape index (κ1) is 26.6. The van der Waals surface area contributed by atoms with Crippen molar-refractivity contribution in [2.75, 3.05) is 26.2 Å². The van der Waals surface area contributed by atoms with Crippen molar-refractivity contribution in [3.05, 3.63) is 70.8 Å². The molecule has 0 radical (unpaired) electrons. The number of benzene rings is 2. The number of hydrogen-bond acceptors (Lipinski definition) is 6. The molecule has 2 heterocycles. The molecule has 8 heteroatoms. The number of aliphatic hydroxyl groups is 2. The number of nitrogens with one attached hydrogen (secondary N) is 2.